The number of nitrogens with zero attached hydrogens (tertiary/aromatic N) is 1. The third kappa shape index (κ3) is 2.98. The highest BCUT2D eigenvalue weighted by Gasteiger charge is 2.31. The van der Waals surface area contributed by atoms with Gasteiger partial charge in [0.2, 0.25) is 0 Å². The van der Waals surface area contributed by atoms with Crippen molar-refractivity contribution < 1.29 is 19.3 Å². The largest absolute Gasteiger partial charge is 0.321 e. The Hall–Kier alpha value is -4.13. The third-order valence-electron chi connectivity index (χ3n) is 4.87. The molecule has 0 atom stereocenters. The molecule has 0 heterocycles. The molecule has 0 saturated carbocycles. The maximum absolute atomic E-state index is 13.0. The number of carbonyl (C=O) groups excluding carboxylic acids is 3. The summed E-state index contributed by atoms with van der Waals surface area (Å²) in [5, 5.41) is 13.8. The van der Waals surface area contributed by atoms with Crippen molar-refractivity contribution in [3.05, 3.63) is 104 Å². The Kier molecular flexibility index (Phi) is 4.27. The first kappa shape index (κ1) is 18.2. The highest BCUT2D eigenvalue weighted by molar-refractivity contribution is 6.30. The number of nitro groups is 1. The molecule has 29 heavy (non-hydrogen) atoms. The van der Waals surface area contributed by atoms with Gasteiger partial charge >= 0.3 is 0 Å². The van der Waals surface area contributed by atoms with E-state index < -0.39 is 10.8 Å². The number of amides is 1. The van der Waals surface area contributed by atoms with Gasteiger partial charge in [-0.05, 0) is 19.1 Å². The van der Waals surface area contributed by atoms with Crippen molar-refractivity contribution in [2.75, 3.05) is 5.32 Å². The molecule has 0 radical (unpaired) electrons. The number of nitrogens with one attached hydrogen (secondary N) is 1. The lowest BCUT2D eigenvalue weighted by molar-refractivity contribution is -0.385. The second kappa shape index (κ2) is 6.79. The van der Waals surface area contributed by atoms with Crippen LogP contribution in [-0.4, -0.2) is 22.4 Å². The van der Waals surface area contributed by atoms with E-state index in [2.05, 4.69) is 5.32 Å². The molecule has 0 bridgehead atoms. The molecule has 0 unspecified atom stereocenters. The first-order valence-corrected chi connectivity index (χ1v) is 8.76. The van der Waals surface area contributed by atoms with E-state index in [0.29, 0.717) is 11.1 Å². The van der Waals surface area contributed by atoms with Crippen LogP contribution in [0.1, 0.15) is 47.8 Å². The lowest BCUT2D eigenvalue weighted by Gasteiger charge is -2.20. The first-order valence-electron chi connectivity index (χ1n) is 8.76. The molecule has 0 saturated heterocycles. The van der Waals surface area contributed by atoms with Crippen molar-refractivity contribution in [1.82, 2.24) is 0 Å². The molecule has 3 aromatic rings. The molecule has 7 nitrogen and oxygen atoms in total. The molecule has 3 aromatic carbocycles. The number of fused-ring (bicyclic) bond motifs is 2. The van der Waals surface area contributed by atoms with Crippen LogP contribution in [-0.2, 0) is 0 Å². The van der Waals surface area contributed by atoms with Crippen LogP contribution in [0.3, 0.4) is 0 Å². The van der Waals surface area contributed by atoms with Crippen molar-refractivity contribution in [3.8, 4) is 0 Å². The van der Waals surface area contributed by atoms with Gasteiger partial charge in [-0.15, -0.1) is 0 Å². The molecule has 0 spiro atoms. The standard InChI is InChI=1S/C22H14N2O5/c1-12-9-10-13(11-18(12)24(28)29)22(27)23-17-8-4-7-16-19(17)21(26)15-6-3-2-5-14(15)20(16)25/h2-11H,1H3,(H,23,27). The van der Waals surface area contributed by atoms with Crippen LogP contribution < -0.4 is 5.32 Å². The summed E-state index contributed by atoms with van der Waals surface area (Å²) in [6.07, 6.45) is 0. The Labute approximate surface area is 165 Å². The predicted molar refractivity (Wildman–Crippen MR) is 106 cm³/mol. The summed E-state index contributed by atoms with van der Waals surface area (Å²) in [7, 11) is 0. The van der Waals surface area contributed by atoms with Gasteiger partial charge in [-0.2, -0.15) is 0 Å². The highest BCUT2D eigenvalue weighted by atomic mass is 16.6. The summed E-state index contributed by atoms with van der Waals surface area (Å²) in [6.45, 7) is 1.58. The molecular weight excluding hydrogens is 372 g/mol. The highest BCUT2D eigenvalue weighted by Crippen LogP contribution is 2.32. The summed E-state index contributed by atoms with van der Waals surface area (Å²) in [5.74, 6) is -1.26. The zero-order valence-corrected chi connectivity index (χ0v) is 15.3. The number of hydrogen-bond acceptors (Lipinski definition) is 5. The fraction of sp³-hybridized carbons (Fsp3) is 0.0455. The van der Waals surface area contributed by atoms with Crippen molar-refractivity contribution in [3.63, 3.8) is 0 Å². The van der Waals surface area contributed by atoms with E-state index in [1.807, 2.05) is 0 Å². The fourth-order valence-electron chi connectivity index (χ4n) is 3.39. The third-order valence-corrected chi connectivity index (χ3v) is 4.87. The second-order valence-corrected chi connectivity index (χ2v) is 6.64. The fourth-order valence-corrected chi connectivity index (χ4v) is 3.39. The normalized spacial score (nSPS) is 12.2. The summed E-state index contributed by atoms with van der Waals surface area (Å²) < 4.78 is 0. The summed E-state index contributed by atoms with van der Waals surface area (Å²) >= 11 is 0. The zero-order chi connectivity index (χ0) is 20.7. The van der Waals surface area contributed by atoms with E-state index >= 15 is 0 Å². The molecule has 4 rings (SSSR count). The SMILES string of the molecule is Cc1ccc(C(=O)Nc2cccc3c2C(=O)c2ccccc2C3=O)cc1[N+](=O)[O-]. The van der Waals surface area contributed by atoms with E-state index in [-0.39, 0.29) is 45.2 Å². The molecule has 0 fully saturated rings. The molecule has 7 heteroatoms. The maximum atomic E-state index is 13.0. The molecule has 0 aromatic heterocycles. The Balaban J connectivity index is 1.74. The molecule has 1 aliphatic rings. The van der Waals surface area contributed by atoms with Gasteiger partial charge in [0.15, 0.2) is 11.6 Å². The average Bonchev–Trinajstić information content (AvgIpc) is 2.72. The van der Waals surface area contributed by atoms with Crippen molar-refractivity contribution >= 4 is 28.8 Å². The molecule has 1 N–H and O–H groups in total. The van der Waals surface area contributed by atoms with Crippen LogP contribution >= 0.6 is 0 Å². The quantitative estimate of drug-likeness (QED) is 0.424. The molecule has 1 amide bonds. The van der Waals surface area contributed by atoms with Crippen molar-refractivity contribution in [1.29, 1.82) is 0 Å². The van der Waals surface area contributed by atoms with Gasteiger partial charge in [0, 0.05) is 33.9 Å². The monoisotopic (exact) mass is 386 g/mol. The van der Waals surface area contributed by atoms with Gasteiger partial charge < -0.3 is 5.32 Å². The lowest BCUT2D eigenvalue weighted by Crippen LogP contribution is -2.24. The van der Waals surface area contributed by atoms with Crippen LogP contribution in [0.2, 0.25) is 0 Å². The predicted octanol–water partition coefficient (Wildman–Crippen LogP) is 3.93. The number of carbonyl (C=O) groups is 3. The number of aryl methyl sites for hydroxylation is 1. The number of ketones is 2. The van der Waals surface area contributed by atoms with Gasteiger partial charge in [0.05, 0.1) is 16.2 Å². The Morgan fingerprint density at radius 3 is 2.24 bits per heavy atom. The Morgan fingerprint density at radius 2 is 1.55 bits per heavy atom. The number of hydrogen-bond donors (Lipinski definition) is 1. The van der Waals surface area contributed by atoms with E-state index in [4.69, 9.17) is 0 Å². The molecular formula is C22H14N2O5. The van der Waals surface area contributed by atoms with Crippen LogP contribution in [0.15, 0.2) is 60.7 Å². The topological polar surface area (TPSA) is 106 Å². The second-order valence-electron chi connectivity index (χ2n) is 6.64. The number of anilines is 1. The molecule has 1 aliphatic carbocycles. The lowest BCUT2D eigenvalue weighted by atomic mass is 9.83. The Morgan fingerprint density at radius 1 is 0.897 bits per heavy atom. The minimum Gasteiger partial charge on any atom is -0.321 e. The molecule has 0 aliphatic heterocycles. The summed E-state index contributed by atoms with van der Waals surface area (Å²) in [5.41, 5.74) is 1.44. The van der Waals surface area contributed by atoms with Gasteiger partial charge in [0.1, 0.15) is 0 Å². The van der Waals surface area contributed by atoms with Gasteiger partial charge in [-0.3, -0.25) is 24.5 Å². The van der Waals surface area contributed by atoms with E-state index in [1.165, 1.54) is 30.3 Å². The number of benzene rings is 3. The Bertz CT molecular complexity index is 1230. The minimum absolute atomic E-state index is 0.0786. The maximum Gasteiger partial charge on any atom is 0.273 e. The van der Waals surface area contributed by atoms with Crippen LogP contribution in [0, 0.1) is 17.0 Å². The number of nitro benzene ring substituents is 1. The summed E-state index contributed by atoms with van der Waals surface area (Å²) in [6, 6.07) is 15.3. The smallest absolute Gasteiger partial charge is 0.273 e. The van der Waals surface area contributed by atoms with Crippen LogP contribution in [0.4, 0.5) is 11.4 Å². The van der Waals surface area contributed by atoms with Crippen LogP contribution in [0.25, 0.3) is 0 Å². The minimum atomic E-state index is -0.611. The average molecular weight is 386 g/mol. The zero-order valence-electron chi connectivity index (χ0n) is 15.3. The van der Waals surface area contributed by atoms with Crippen molar-refractivity contribution in [2.45, 2.75) is 6.92 Å². The van der Waals surface area contributed by atoms with Crippen molar-refractivity contribution in [2.24, 2.45) is 0 Å². The van der Waals surface area contributed by atoms with E-state index in [1.54, 1.807) is 37.3 Å². The summed E-state index contributed by atoms with van der Waals surface area (Å²) in [4.78, 5) is 49.0. The van der Waals surface area contributed by atoms with Crippen LogP contribution in [0.5, 0.6) is 0 Å². The number of rotatable bonds is 3. The van der Waals surface area contributed by atoms with Gasteiger partial charge in [-0.1, -0.05) is 42.5 Å². The van der Waals surface area contributed by atoms with E-state index in [0.717, 1.165) is 0 Å². The first-order chi connectivity index (χ1) is 13.9. The van der Waals surface area contributed by atoms with Gasteiger partial charge in [0.25, 0.3) is 11.6 Å². The van der Waals surface area contributed by atoms with E-state index in [9.17, 15) is 24.5 Å². The van der Waals surface area contributed by atoms with Gasteiger partial charge in [-0.25, -0.2) is 0 Å². The molecule has 142 valence electrons.